The third-order valence-corrected chi connectivity index (χ3v) is 3.04. The molecule has 2 N–H and O–H groups in total. The lowest BCUT2D eigenvalue weighted by atomic mass is 9.93. The number of hydrogen-bond donors (Lipinski definition) is 1. The van der Waals surface area contributed by atoms with Crippen molar-refractivity contribution in [1.29, 1.82) is 0 Å². The summed E-state index contributed by atoms with van der Waals surface area (Å²) in [6.07, 6.45) is 2.71. The topological polar surface area (TPSA) is 29.3 Å². The minimum atomic E-state index is 0.758. The van der Waals surface area contributed by atoms with Crippen LogP contribution in [0.3, 0.4) is 0 Å². The fourth-order valence-electron chi connectivity index (χ4n) is 2.46. The van der Waals surface area contributed by atoms with Gasteiger partial charge in [-0.2, -0.15) is 0 Å². The van der Waals surface area contributed by atoms with Gasteiger partial charge in [-0.3, -0.25) is 0 Å². The van der Waals surface area contributed by atoms with Crippen molar-refractivity contribution in [3.8, 4) is 0 Å². The minimum absolute atomic E-state index is 0.758. The molecule has 1 unspecified atom stereocenters. The van der Waals surface area contributed by atoms with Crippen molar-refractivity contribution in [2.24, 2.45) is 17.1 Å². The molecule has 10 heavy (non-hydrogen) atoms. The van der Waals surface area contributed by atoms with Crippen molar-refractivity contribution in [2.75, 3.05) is 26.7 Å². The summed E-state index contributed by atoms with van der Waals surface area (Å²) in [5.41, 5.74) is 6.25. The van der Waals surface area contributed by atoms with Gasteiger partial charge in [0.25, 0.3) is 0 Å². The van der Waals surface area contributed by atoms with Crippen LogP contribution in [0.1, 0.15) is 12.8 Å². The van der Waals surface area contributed by atoms with Crippen LogP contribution in [0.4, 0.5) is 0 Å². The van der Waals surface area contributed by atoms with Crippen molar-refractivity contribution in [1.82, 2.24) is 4.90 Å². The Kier molecular flexibility index (Phi) is 1.29. The largest absolute Gasteiger partial charge is 0.330 e. The molecule has 1 spiro atoms. The zero-order valence-electron chi connectivity index (χ0n) is 6.64. The van der Waals surface area contributed by atoms with Crippen LogP contribution >= 0.6 is 0 Å². The molecular formula is C8H16N2. The second-order valence-electron chi connectivity index (χ2n) is 4.01. The molecular weight excluding hydrogens is 124 g/mol. The quantitative estimate of drug-likeness (QED) is 0.597. The monoisotopic (exact) mass is 140 g/mol. The van der Waals surface area contributed by atoms with E-state index in [4.69, 9.17) is 5.73 Å². The van der Waals surface area contributed by atoms with Crippen LogP contribution in [0.2, 0.25) is 0 Å². The summed E-state index contributed by atoms with van der Waals surface area (Å²) >= 11 is 0. The van der Waals surface area contributed by atoms with Crippen LogP contribution in [-0.4, -0.2) is 31.6 Å². The molecule has 1 atom stereocenters. The molecule has 2 aliphatic rings. The summed E-state index contributed by atoms with van der Waals surface area (Å²) in [5, 5.41) is 0. The zero-order chi connectivity index (χ0) is 7.19. The fourth-order valence-corrected chi connectivity index (χ4v) is 2.46. The molecule has 1 heterocycles. The highest BCUT2D eigenvalue weighted by Crippen LogP contribution is 2.59. The molecule has 1 aliphatic carbocycles. The molecule has 1 saturated heterocycles. The Morgan fingerprint density at radius 3 is 2.80 bits per heavy atom. The number of likely N-dealkylation sites (tertiary alicyclic amines) is 1. The Bertz CT molecular complexity index is 138. The number of hydrogen-bond acceptors (Lipinski definition) is 2. The average Bonchev–Trinajstić information content (AvgIpc) is 2.43. The summed E-state index contributed by atoms with van der Waals surface area (Å²) in [6, 6.07) is 0. The van der Waals surface area contributed by atoms with E-state index in [1.54, 1.807) is 0 Å². The van der Waals surface area contributed by atoms with Gasteiger partial charge in [0.05, 0.1) is 0 Å². The van der Waals surface area contributed by atoms with E-state index in [0.29, 0.717) is 0 Å². The first kappa shape index (κ1) is 6.62. The smallest absolute Gasteiger partial charge is 0.00502 e. The van der Waals surface area contributed by atoms with Crippen LogP contribution < -0.4 is 5.73 Å². The van der Waals surface area contributed by atoms with Crippen molar-refractivity contribution < 1.29 is 0 Å². The van der Waals surface area contributed by atoms with Gasteiger partial charge in [0.15, 0.2) is 0 Å². The number of rotatable bonds is 2. The second kappa shape index (κ2) is 1.95. The fraction of sp³-hybridized carbons (Fsp3) is 1.00. The zero-order valence-corrected chi connectivity index (χ0v) is 6.64. The summed E-state index contributed by atoms with van der Waals surface area (Å²) < 4.78 is 0. The normalized spacial score (nSPS) is 36.0. The Balaban J connectivity index is 1.79. The predicted molar refractivity (Wildman–Crippen MR) is 41.7 cm³/mol. The van der Waals surface area contributed by atoms with E-state index in [1.165, 1.54) is 25.9 Å². The lowest BCUT2D eigenvalue weighted by Gasteiger charge is -2.38. The van der Waals surface area contributed by atoms with E-state index >= 15 is 0 Å². The molecule has 58 valence electrons. The minimum Gasteiger partial charge on any atom is -0.330 e. The molecule has 0 radical (unpaired) electrons. The van der Waals surface area contributed by atoms with Gasteiger partial charge in [0, 0.05) is 13.1 Å². The standard InChI is InChI=1S/C8H16N2/c1-10-5-8(6-10)4-7(8)2-3-9/h7H,2-6,9H2,1H3. The summed E-state index contributed by atoms with van der Waals surface area (Å²) in [7, 11) is 2.20. The first-order chi connectivity index (χ1) is 4.77. The van der Waals surface area contributed by atoms with E-state index in [-0.39, 0.29) is 0 Å². The van der Waals surface area contributed by atoms with Crippen LogP contribution in [0.15, 0.2) is 0 Å². The number of nitrogens with two attached hydrogens (primary N) is 1. The molecule has 1 aliphatic heterocycles. The highest BCUT2D eigenvalue weighted by molar-refractivity contribution is 5.10. The summed E-state index contributed by atoms with van der Waals surface area (Å²) in [4.78, 5) is 2.40. The van der Waals surface area contributed by atoms with E-state index in [9.17, 15) is 0 Å². The maximum absolute atomic E-state index is 5.49. The number of nitrogens with zero attached hydrogens (tertiary/aromatic N) is 1. The maximum Gasteiger partial charge on any atom is 0.00502 e. The summed E-state index contributed by atoms with van der Waals surface area (Å²) in [6.45, 7) is 3.55. The Labute approximate surface area is 62.4 Å². The third-order valence-electron chi connectivity index (χ3n) is 3.04. The SMILES string of the molecule is CN1CC2(CC2CCN)C1. The molecule has 2 fully saturated rings. The molecule has 2 nitrogen and oxygen atoms in total. The van der Waals surface area contributed by atoms with E-state index in [2.05, 4.69) is 11.9 Å². The lowest BCUT2D eigenvalue weighted by Crippen LogP contribution is -2.46. The molecule has 2 rings (SSSR count). The Morgan fingerprint density at radius 2 is 2.30 bits per heavy atom. The predicted octanol–water partition coefficient (Wildman–Crippen LogP) is 0.287. The van der Waals surface area contributed by atoms with Gasteiger partial charge >= 0.3 is 0 Å². The van der Waals surface area contributed by atoms with Crippen molar-refractivity contribution >= 4 is 0 Å². The van der Waals surface area contributed by atoms with Gasteiger partial charge in [0.1, 0.15) is 0 Å². The van der Waals surface area contributed by atoms with Gasteiger partial charge in [0.2, 0.25) is 0 Å². The van der Waals surface area contributed by atoms with Crippen molar-refractivity contribution in [3.63, 3.8) is 0 Å². The van der Waals surface area contributed by atoms with E-state index in [0.717, 1.165) is 17.9 Å². The third kappa shape index (κ3) is 0.789. The van der Waals surface area contributed by atoms with Crippen molar-refractivity contribution in [3.05, 3.63) is 0 Å². The maximum atomic E-state index is 5.49. The molecule has 0 aromatic carbocycles. The molecule has 0 aromatic heterocycles. The molecule has 0 amide bonds. The van der Waals surface area contributed by atoms with Crippen LogP contribution in [0.5, 0.6) is 0 Å². The Hall–Kier alpha value is -0.0800. The van der Waals surface area contributed by atoms with Gasteiger partial charge in [-0.15, -0.1) is 0 Å². The molecule has 0 bridgehead atoms. The van der Waals surface area contributed by atoms with E-state index < -0.39 is 0 Å². The van der Waals surface area contributed by atoms with Gasteiger partial charge in [-0.05, 0) is 37.8 Å². The summed E-state index contributed by atoms with van der Waals surface area (Å²) in [5.74, 6) is 0.980. The van der Waals surface area contributed by atoms with Gasteiger partial charge < -0.3 is 10.6 Å². The molecule has 1 saturated carbocycles. The average molecular weight is 140 g/mol. The van der Waals surface area contributed by atoms with E-state index in [1.807, 2.05) is 0 Å². The molecule has 2 heteroatoms. The second-order valence-corrected chi connectivity index (χ2v) is 4.01. The van der Waals surface area contributed by atoms with Gasteiger partial charge in [-0.25, -0.2) is 0 Å². The van der Waals surface area contributed by atoms with Crippen LogP contribution in [-0.2, 0) is 0 Å². The highest BCUT2D eigenvalue weighted by atomic mass is 15.2. The lowest BCUT2D eigenvalue weighted by molar-refractivity contribution is 0.0981. The highest BCUT2D eigenvalue weighted by Gasteiger charge is 2.59. The van der Waals surface area contributed by atoms with Crippen LogP contribution in [0, 0.1) is 11.3 Å². The molecule has 0 aromatic rings. The first-order valence-corrected chi connectivity index (χ1v) is 4.15. The van der Waals surface area contributed by atoms with Gasteiger partial charge in [-0.1, -0.05) is 0 Å². The first-order valence-electron chi connectivity index (χ1n) is 4.15. The van der Waals surface area contributed by atoms with Crippen molar-refractivity contribution in [2.45, 2.75) is 12.8 Å². The van der Waals surface area contributed by atoms with Crippen LogP contribution in [0.25, 0.3) is 0 Å². The Morgan fingerprint density at radius 1 is 1.60 bits per heavy atom.